The molecule has 0 radical (unpaired) electrons. The predicted molar refractivity (Wildman–Crippen MR) is 65.9 cm³/mol. The van der Waals surface area contributed by atoms with Crippen molar-refractivity contribution in [3.63, 3.8) is 0 Å². The fourth-order valence-electron chi connectivity index (χ4n) is 1.58. The average Bonchev–Trinajstić information content (AvgIpc) is 2.38. The second kappa shape index (κ2) is 6.76. The molecule has 0 heterocycles. The van der Waals surface area contributed by atoms with E-state index in [2.05, 4.69) is 5.32 Å². The molecule has 0 aliphatic carbocycles. The Labute approximate surface area is 105 Å². The number of nitrogens with one attached hydrogen (secondary N) is 1. The second-order valence-electron chi connectivity index (χ2n) is 4.00. The summed E-state index contributed by atoms with van der Waals surface area (Å²) in [6, 6.07) is 7.44. The number of carbonyl (C=O) groups excluding carboxylic acids is 1. The summed E-state index contributed by atoms with van der Waals surface area (Å²) in [6.07, 6.45) is -0.369. The number of aliphatic hydroxyl groups is 1. The van der Waals surface area contributed by atoms with Gasteiger partial charge in [0, 0.05) is 0 Å². The molecule has 0 fully saturated rings. The zero-order valence-corrected chi connectivity index (χ0v) is 10.2. The number of aliphatic hydroxyl groups excluding tert-OH is 1. The van der Waals surface area contributed by atoms with Crippen molar-refractivity contribution in [1.29, 1.82) is 0 Å². The first-order valence-electron chi connectivity index (χ1n) is 5.82. The minimum absolute atomic E-state index is 0.336. The van der Waals surface area contributed by atoms with Crippen LogP contribution < -0.4 is 5.32 Å². The van der Waals surface area contributed by atoms with Gasteiger partial charge in [-0.25, -0.2) is 4.79 Å². The topological polar surface area (TPSA) is 86.6 Å². The Bertz CT molecular complexity index is 405. The third-order valence-corrected chi connectivity index (χ3v) is 2.56. The summed E-state index contributed by atoms with van der Waals surface area (Å²) in [6.45, 7) is 1.83. The van der Waals surface area contributed by atoms with Crippen molar-refractivity contribution in [1.82, 2.24) is 5.32 Å². The summed E-state index contributed by atoms with van der Waals surface area (Å²) in [7, 11) is 0. The van der Waals surface area contributed by atoms with Crippen LogP contribution in [0, 0.1) is 0 Å². The van der Waals surface area contributed by atoms with Crippen LogP contribution in [0.25, 0.3) is 0 Å². The molecule has 0 saturated heterocycles. The van der Waals surface area contributed by atoms with E-state index in [9.17, 15) is 14.7 Å². The first-order chi connectivity index (χ1) is 8.56. The number of hydrogen-bond acceptors (Lipinski definition) is 3. The number of carboxylic acid groups (broad SMARTS) is 1. The molecule has 1 unspecified atom stereocenters. The lowest BCUT2D eigenvalue weighted by Crippen LogP contribution is -2.42. The molecule has 0 aliphatic rings. The van der Waals surface area contributed by atoms with E-state index in [4.69, 9.17) is 5.11 Å². The summed E-state index contributed by atoms with van der Waals surface area (Å²) in [5.41, 5.74) is 0.440. The molecule has 1 rings (SSSR count). The van der Waals surface area contributed by atoms with E-state index < -0.39 is 24.0 Å². The van der Waals surface area contributed by atoms with E-state index in [-0.39, 0.29) is 0 Å². The quantitative estimate of drug-likeness (QED) is 0.706. The molecule has 3 N–H and O–H groups in total. The number of benzene rings is 1. The molecule has 1 amide bonds. The van der Waals surface area contributed by atoms with Gasteiger partial charge in [-0.2, -0.15) is 0 Å². The van der Waals surface area contributed by atoms with Crippen molar-refractivity contribution in [2.45, 2.75) is 31.9 Å². The maximum Gasteiger partial charge on any atom is 0.326 e. The smallest absolute Gasteiger partial charge is 0.326 e. The molecule has 5 heteroatoms. The largest absolute Gasteiger partial charge is 0.480 e. The van der Waals surface area contributed by atoms with Crippen molar-refractivity contribution >= 4 is 11.9 Å². The van der Waals surface area contributed by atoms with Gasteiger partial charge in [0.25, 0.3) is 5.91 Å². The lowest BCUT2D eigenvalue weighted by Gasteiger charge is -2.16. The number of rotatable bonds is 6. The average molecular weight is 251 g/mol. The van der Waals surface area contributed by atoms with Crippen LogP contribution in [0.15, 0.2) is 30.3 Å². The zero-order valence-electron chi connectivity index (χ0n) is 10.2. The highest BCUT2D eigenvalue weighted by Gasteiger charge is 2.23. The highest BCUT2D eigenvalue weighted by Crippen LogP contribution is 2.12. The summed E-state index contributed by atoms with van der Waals surface area (Å²) in [4.78, 5) is 22.6. The van der Waals surface area contributed by atoms with E-state index in [1.807, 2.05) is 6.92 Å². The van der Waals surface area contributed by atoms with Crippen molar-refractivity contribution < 1.29 is 19.8 Å². The summed E-state index contributed by atoms with van der Waals surface area (Å²) < 4.78 is 0. The lowest BCUT2D eigenvalue weighted by atomic mass is 10.1. The Hall–Kier alpha value is -1.88. The van der Waals surface area contributed by atoms with Crippen LogP contribution in [0.1, 0.15) is 31.4 Å². The molecule has 1 aromatic carbocycles. The van der Waals surface area contributed by atoms with Gasteiger partial charge in [0.15, 0.2) is 6.10 Å². The van der Waals surface area contributed by atoms with E-state index in [0.29, 0.717) is 18.4 Å². The molecular formula is C13H17NO4. The Morgan fingerprint density at radius 3 is 2.39 bits per heavy atom. The molecule has 1 aromatic rings. The van der Waals surface area contributed by atoms with Crippen LogP contribution >= 0.6 is 0 Å². The highest BCUT2D eigenvalue weighted by atomic mass is 16.4. The monoisotopic (exact) mass is 251 g/mol. The van der Waals surface area contributed by atoms with E-state index >= 15 is 0 Å². The van der Waals surface area contributed by atoms with Crippen LogP contribution in [0.2, 0.25) is 0 Å². The van der Waals surface area contributed by atoms with Crippen molar-refractivity contribution in [3.8, 4) is 0 Å². The van der Waals surface area contributed by atoms with Crippen molar-refractivity contribution in [2.75, 3.05) is 0 Å². The minimum atomic E-state index is -1.34. The molecule has 0 bridgehead atoms. The van der Waals surface area contributed by atoms with Gasteiger partial charge in [-0.3, -0.25) is 4.79 Å². The zero-order chi connectivity index (χ0) is 13.5. The fraction of sp³-hybridized carbons (Fsp3) is 0.385. The number of amides is 1. The number of hydrogen-bond donors (Lipinski definition) is 3. The van der Waals surface area contributed by atoms with Gasteiger partial charge >= 0.3 is 5.97 Å². The highest BCUT2D eigenvalue weighted by molar-refractivity contribution is 5.86. The van der Waals surface area contributed by atoms with Crippen LogP contribution in [-0.2, 0) is 9.59 Å². The molecule has 5 nitrogen and oxygen atoms in total. The minimum Gasteiger partial charge on any atom is -0.480 e. The molecular weight excluding hydrogens is 234 g/mol. The number of carbonyl (C=O) groups is 2. The van der Waals surface area contributed by atoms with E-state index in [0.717, 1.165) is 0 Å². The standard InChI is InChI=1S/C13H17NO4/c1-2-6-10(13(17)18)14-12(16)11(15)9-7-4-3-5-8-9/h3-5,7-8,10-11,15H,2,6H2,1H3,(H,14,16)(H,17,18)/t10-,11?/m0/s1. The van der Waals surface area contributed by atoms with Gasteiger partial charge in [-0.05, 0) is 12.0 Å². The third kappa shape index (κ3) is 3.85. The van der Waals surface area contributed by atoms with Gasteiger partial charge < -0.3 is 15.5 Å². The first-order valence-corrected chi connectivity index (χ1v) is 5.82. The maximum absolute atomic E-state index is 11.7. The van der Waals surface area contributed by atoms with E-state index in [1.54, 1.807) is 30.3 Å². The van der Waals surface area contributed by atoms with Crippen LogP contribution in [-0.4, -0.2) is 28.1 Å². The number of aliphatic carboxylic acids is 1. The molecule has 2 atom stereocenters. The van der Waals surface area contributed by atoms with Gasteiger partial charge in [0.05, 0.1) is 0 Å². The summed E-state index contributed by atoms with van der Waals surface area (Å²) in [5, 5.41) is 21.0. The third-order valence-electron chi connectivity index (χ3n) is 2.56. The Balaban J connectivity index is 2.67. The predicted octanol–water partition coefficient (Wildman–Crippen LogP) is 1.09. The van der Waals surface area contributed by atoms with Gasteiger partial charge in [-0.15, -0.1) is 0 Å². The molecule has 0 saturated carbocycles. The molecule has 0 aromatic heterocycles. The van der Waals surface area contributed by atoms with Gasteiger partial charge in [0.2, 0.25) is 0 Å². The first kappa shape index (κ1) is 14.2. The second-order valence-corrected chi connectivity index (χ2v) is 4.00. The summed E-state index contributed by atoms with van der Waals surface area (Å²) >= 11 is 0. The molecule has 98 valence electrons. The van der Waals surface area contributed by atoms with Crippen LogP contribution in [0.4, 0.5) is 0 Å². The fourth-order valence-corrected chi connectivity index (χ4v) is 1.58. The Kier molecular flexibility index (Phi) is 5.32. The summed E-state index contributed by atoms with van der Waals surface area (Å²) in [5.74, 6) is -1.78. The molecule has 18 heavy (non-hydrogen) atoms. The molecule has 0 aliphatic heterocycles. The SMILES string of the molecule is CCC[C@H](NC(=O)C(O)c1ccccc1)C(=O)O. The Morgan fingerprint density at radius 1 is 1.28 bits per heavy atom. The van der Waals surface area contributed by atoms with Gasteiger partial charge in [-0.1, -0.05) is 43.7 Å². The Morgan fingerprint density at radius 2 is 1.89 bits per heavy atom. The van der Waals surface area contributed by atoms with Gasteiger partial charge in [0.1, 0.15) is 6.04 Å². The van der Waals surface area contributed by atoms with E-state index in [1.165, 1.54) is 0 Å². The van der Waals surface area contributed by atoms with Crippen LogP contribution in [0.5, 0.6) is 0 Å². The van der Waals surface area contributed by atoms with Crippen LogP contribution in [0.3, 0.4) is 0 Å². The van der Waals surface area contributed by atoms with Crippen molar-refractivity contribution in [2.24, 2.45) is 0 Å². The normalized spacial score (nSPS) is 13.7. The number of carboxylic acids is 1. The molecule has 0 spiro atoms. The van der Waals surface area contributed by atoms with Crippen molar-refractivity contribution in [3.05, 3.63) is 35.9 Å². The maximum atomic E-state index is 11.7. The lowest BCUT2D eigenvalue weighted by molar-refractivity contribution is -0.143.